The largest absolute Gasteiger partial charge is 0.453 e. The number of hydrogen-bond acceptors (Lipinski definition) is 8. The Kier molecular flexibility index (Phi) is 9.67. The molecule has 0 radical (unpaired) electrons. The topological polar surface area (TPSA) is 175 Å². The van der Waals surface area contributed by atoms with E-state index in [-0.39, 0.29) is 47.8 Å². The number of rotatable bonds is 9. The molecule has 4 unspecified atom stereocenters. The molecule has 4 aliphatic carbocycles. The van der Waals surface area contributed by atoms with Crippen LogP contribution in [0.3, 0.4) is 0 Å². The van der Waals surface area contributed by atoms with E-state index in [1.165, 1.54) is 31.6 Å². The highest BCUT2D eigenvalue weighted by atomic mass is 16.5. The standard InChI is InChI=1S/C47H54N8O6/c1-22(2)32(21-48-46(58)60-5)44(56)54-35-17-28(35)19-37(54)42-49-33-13-9-26-15-24(7-11-30(26)40(33)51-42)25-8-12-31-27(16-25)10-14-34-41(31)52-43(50-34)38-20-29-18-36(29)55(38)45(57)39(23(3)4)53-47(59)61-6/h7-8,11-12,15-16,21-23,28-29,32,35-39H,9-10,13-14,17-20H2,1-6H3,(H,49,51)(H,50,52)(H,53,59)/b48-21+/t28-,29?,32?,35-,36?,37+,38+,39?/m1/s1. The third-order valence-corrected chi connectivity index (χ3v) is 14.2. The molecule has 61 heavy (non-hydrogen) atoms. The molecule has 3 N–H and O–H groups in total. The van der Waals surface area contributed by atoms with E-state index in [9.17, 15) is 19.2 Å². The number of aromatic nitrogens is 4. The zero-order valence-corrected chi connectivity index (χ0v) is 35.7. The lowest BCUT2D eigenvalue weighted by molar-refractivity contribution is -0.137. The minimum absolute atomic E-state index is 0.0130. The molecule has 0 bridgehead atoms. The number of amides is 4. The van der Waals surface area contributed by atoms with Crippen molar-refractivity contribution in [2.75, 3.05) is 14.2 Å². The van der Waals surface area contributed by atoms with Crippen molar-refractivity contribution in [3.8, 4) is 33.6 Å². The Bertz CT molecular complexity index is 2480. The smallest absolute Gasteiger partial charge is 0.432 e. The van der Waals surface area contributed by atoms with Crippen molar-refractivity contribution in [1.29, 1.82) is 0 Å². The molecule has 2 aromatic heterocycles. The summed E-state index contributed by atoms with van der Waals surface area (Å²) in [5, 5.41) is 2.77. The van der Waals surface area contributed by atoms with Gasteiger partial charge < -0.3 is 34.6 Å². The highest BCUT2D eigenvalue weighted by Crippen LogP contribution is 2.55. The van der Waals surface area contributed by atoms with Crippen LogP contribution in [0.15, 0.2) is 41.4 Å². The summed E-state index contributed by atoms with van der Waals surface area (Å²) >= 11 is 0. The summed E-state index contributed by atoms with van der Waals surface area (Å²) in [6.45, 7) is 7.83. The van der Waals surface area contributed by atoms with Crippen molar-refractivity contribution in [3.05, 3.63) is 70.6 Å². The Morgan fingerprint density at radius 1 is 0.721 bits per heavy atom. The fourth-order valence-corrected chi connectivity index (χ4v) is 10.7. The first-order chi connectivity index (χ1) is 29.4. The number of carbonyl (C=O) groups is 4. The number of imidazole rings is 2. The first-order valence-corrected chi connectivity index (χ1v) is 22.0. The third-order valence-electron chi connectivity index (χ3n) is 14.2. The molecule has 2 aliphatic heterocycles. The molecular weight excluding hydrogens is 773 g/mol. The van der Waals surface area contributed by atoms with Crippen LogP contribution in [0.2, 0.25) is 0 Å². The molecule has 8 atom stereocenters. The lowest BCUT2D eigenvalue weighted by Gasteiger charge is -2.31. The van der Waals surface area contributed by atoms with E-state index in [0.717, 1.165) is 108 Å². The van der Waals surface area contributed by atoms with E-state index in [1.807, 2.05) is 37.5 Å². The van der Waals surface area contributed by atoms with Crippen molar-refractivity contribution >= 4 is 30.2 Å². The van der Waals surface area contributed by atoms with Gasteiger partial charge in [0.15, 0.2) is 0 Å². The minimum atomic E-state index is -0.706. The zero-order chi connectivity index (χ0) is 42.4. The molecule has 10 rings (SSSR count). The van der Waals surface area contributed by atoms with Crippen LogP contribution in [0.25, 0.3) is 33.6 Å². The van der Waals surface area contributed by atoms with Crippen molar-refractivity contribution in [3.63, 3.8) is 0 Å². The summed E-state index contributed by atoms with van der Waals surface area (Å²) in [4.78, 5) is 77.6. The monoisotopic (exact) mass is 826 g/mol. The molecular formula is C47H54N8O6. The van der Waals surface area contributed by atoms with Gasteiger partial charge in [-0.05, 0) is 97.3 Å². The van der Waals surface area contributed by atoms with E-state index in [4.69, 9.17) is 19.4 Å². The number of ether oxygens (including phenoxy) is 2. The average Bonchev–Trinajstić information content (AvgIpc) is 3.90. The number of aryl methyl sites for hydroxylation is 4. The number of H-pyrrole nitrogens is 2. The Morgan fingerprint density at radius 2 is 1.25 bits per heavy atom. The van der Waals surface area contributed by atoms with E-state index in [2.05, 4.69) is 56.7 Å². The van der Waals surface area contributed by atoms with Crippen molar-refractivity contribution < 1.29 is 28.7 Å². The maximum Gasteiger partial charge on any atom is 0.432 e. The van der Waals surface area contributed by atoms with Gasteiger partial charge in [0.25, 0.3) is 0 Å². The number of aromatic amines is 2. The van der Waals surface area contributed by atoms with Crippen LogP contribution in [0.5, 0.6) is 0 Å². The van der Waals surface area contributed by atoms with Gasteiger partial charge in [0.1, 0.15) is 17.7 Å². The minimum Gasteiger partial charge on any atom is -0.453 e. The molecule has 318 valence electrons. The number of methoxy groups -OCH3 is 2. The van der Waals surface area contributed by atoms with E-state index >= 15 is 0 Å². The lowest BCUT2D eigenvalue weighted by atomic mass is 9.87. The number of fused-ring (bicyclic) bond motifs is 8. The summed E-state index contributed by atoms with van der Waals surface area (Å²) in [6.07, 6.45) is 7.33. The number of piperidine rings is 2. The van der Waals surface area contributed by atoms with Gasteiger partial charge in [0.2, 0.25) is 11.8 Å². The maximum atomic E-state index is 14.1. The molecule has 14 heteroatoms. The Hall–Kier alpha value is -5.79. The average molecular weight is 827 g/mol. The van der Waals surface area contributed by atoms with Gasteiger partial charge in [0.05, 0.1) is 43.6 Å². The summed E-state index contributed by atoms with van der Waals surface area (Å²) in [7, 11) is 2.60. The van der Waals surface area contributed by atoms with Gasteiger partial charge >= 0.3 is 12.2 Å². The van der Waals surface area contributed by atoms with Crippen molar-refractivity contribution in [1.82, 2.24) is 35.1 Å². The normalized spacial score (nSPS) is 25.0. The summed E-state index contributed by atoms with van der Waals surface area (Å²) in [5.41, 5.74) is 11.2. The van der Waals surface area contributed by atoms with E-state index < -0.39 is 24.1 Å². The second-order valence-corrected chi connectivity index (χ2v) is 18.6. The Labute approximate surface area is 355 Å². The molecule has 4 fully saturated rings. The Morgan fingerprint density at radius 3 is 1.72 bits per heavy atom. The molecule has 4 amide bonds. The van der Waals surface area contributed by atoms with Gasteiger partial charge in [-0.15, -0.1) is 0 Å². The first kappa shape index (κ1) is 39.4. The highest BCUT2D eigenvalue weighted by molar-refractivity contribution is 5.97. The summed E-state index contributed by atoms with van der Waals surface area (Å²) in [6, 6.07) is 12.8. The Balaban J connectivity index is 0.875. The van der Waals surface area contributed by atoms with Crippen molar-refractivity contribution in [2.24, 2.45) is 34.6 Å². The second-order valence-electron chi connectivity index (χ2n) is 18.6. The second kappa shape index (κ2) is 15.0. The molecule has 4 heterocycles. The first-order valence-electron chi connectivity index (χ1n) is 22.0. The fraction of sp³-hybridized carbons (Fsp3) is 0.511. The van der Waals surface area contributed by atoms with Crippen LogP contribution in [0.1, 0.15) is 99.6 Å². The van der Waals surface area contributed by atoms with E-state index in [1.54, 1.807) is 0 Å². The molecule has 0 spiro atoms. The summed E-state index contributed by atoms with van der Waals surface area (Å²) < 4.78 is 9.54. The van der Waals surface area contributed by atoms with Gasteiger partial charge in [0, 0.05) is 40.8 Å². The van der Waals surface area contributed by atoms with Crippen LogP contribution < -0.4 is 5.32 Å². The van der Waals surface area contributed by atoms with Crippen molar-refractivity contribution in [2.45, 2.75) is 109 Å². The summed E-state index contributed by atoms with van der Waals surface area (Å²) in [5.74, 6) is 1.85. The van der Waals surface area contributed by atoms with Gasteiger partial charge in [-0.2, -0.15) is 4.99 Å². The number of benzene rings is 2. The number of nitrogens with zero attached hydrogens (tertiary/aromatic N) is 5. The van der Waals surface area contributed by atoms with Crippen LogP contribution in [-0.4, -0.2) is 92.3 Å². The molecule has 6 aliphatic rings. The van der Waals surface area contributed by atoms with Crippen LogP contribution >= 0.6 is 0 Å². The van der Waals surface area contributed by atoms with Crippen LogP contribution in [0.4, 0.5) is 9.59 Å². The predicted octanol–water partition coefficient (Wildman–Crippen LogP) is 7.14. The molecule has 2 saturated carbocycles. The van der Waals surface area contributed by atoms with Gasteiger partial charge in [-0.3, -0.25) is 9.59 Å². The fourth-order valence-electron chi connectivity index (χ4n) is 10.7. The maximum absolute atomic E-state index is 14.1. The van der Waals surface area contributed by atoms with Crippen LogP contribution in [-0.2, 0) is 44.7 Å². The van der Waals surface area contributed by atoms with Gasteiger partial charge in [-0.25, -0.2) is 19.6 Å². The SMILES string of the molecule is COC(=O)/N=C/C(C(=O)N1[C@@H]2C[C@@H]2C[C@H]1c1nc2c([nH]1)CCc1cc(-c3ccc4c(c3)CCc3[nH]c([C@@H]5CC6CC6N5C(=O)C(NC(=O)OC)C(C)C)nc3-4)ccc1-2)C(C)C. The molecule has 4 aromatic rings. The molecule has 14 nitrogen and oxygen atoms in total. The lowest BCUT2D eigenvalue weighted by Crippen LogP contribution is -2.52. The quantitative estimate of drug-likeness (QED) is 0.149. The van der Waals surface area contributed by atoms with Gasteiger partial charge in [-0.1, -0.05) is 64.1 Å². The number of aliphatic imine (C=N–C) groups is 1. The van der Waals surface area contributed by atoms with E-state index in [0.29, 0.717) is 11.8 Å². The zero-order valence-electron chi connectivity index (χ0n) is 35.7. The van der Waals surface area contributed by atoms with Crippen LogP contribution in [0, 0.1) is 29.6 Å². The number of likely N-dealkylation sites (tertiary alicyclic amines) is 2. The highest BCUT2D eigenvalue weighted by Gasteiger charge is 2.57. The third kappa shape index (κ3) is 6.82. The number of hydrogen-bond donors (Lipinski definition) is 3. The molecule has 2 aromatic carbocycles. The number of nitrogens with one attached hydrogen (secondary N) is 3. The molecule has 2 saturated heterocycles. The number of carbonyl (C=O) groups excluding carboxylic acids is 4. The number of alkyl carbamates (subject to hydrolysis) is 1. The predicted molar refractivity (Wildman–Crippen MR) is 227 cm³/mol.